The highest BCUT2D eigenvalue weighted by Gasteiger charge is 2.35. The molecule has 1 aliphatic rings. The number of aromatic nitrogens is 1. The van der Waals surface area contributed by atoms with E-state index < -0.39 is 12.0 Å². The molecule has 6 nitrogen and oxygen atoms in total. The van der Waals surface area contributed by atoms with Gasteiger partial charge in [0.05, 0.1) is 25.5 Å². The number of rotatable bonds is 8. The molecule has 2 aromatic rings. The van der Waals surface area contributed by atoms with E-state index in [1.807, 2.05) is 28.5 Å². The Morgan fingerprint density at radius 1 is 1.40 bits per heavy atom. The molecule has 1 N–H and O–H groups in total. The van der Waals surface area contributed by atoms with Crippen molar-refractivity contribution in [3.63, 3.8) is 0 Å². The highest BCUT2D eigenvalue weighted by atomic mass is 32.1. The van der Waals surface area contributed by atoms with Gasteiger partial charge in [-0.1, -0.05) is 0 Å². The molecule has 25 heavy (non-hydrogen) atoms. The average molecular weight is 362 g/mol. The lowest BCUT2D eigenvalue weighted by Crippen LogP contribution is -2.40. The standard InChI is InChI=1S/C18H22N2O4S/c1-11(18(21)22)20(13-4-5-13)9-12-10-25-17(19-12)15-7-6-14(23-2)8-16(15)24-3/h6-8,10-11,13H,4-5,9H2,1-3H3,(H,21,22). The molecule has 0 amide bonds. The van der Waals surface area contributed by atoms with Gasteiger partial charge in [-0.15, -0.1) is 11.3 Å². The van der Waals surface area contributed by atoms with E-state index in [0.717, 1.165) is 34.9 Å². The smallest absolute Gasteiger partial charge is 0.320 e. The lowest BCUT2D eigenvalue weighted by molar-refractivity contribution is -0.143. The normalized spacial score (nSPS) is 15.2. The van der Waals surface area contributed by atoms with Crippen LogP contribution in [0.2, 0.25) is 0 Å². The fraction of sp³-hybridized carbons (Fsp3) is 0.444. The van der Waals surface area contributed by atoms with E-state index in [1.165, 1.54) is 11.3 Å². The Labute approximate surface area is 151 Å². The molecule has 1 aromatic heterocycles. The van der Waals surface area contributed by atoms with Crippen molar-refractivity contribution in [2.45, 2.75) is 38.4 Å². The average Bonchev–Trinajstić information content (AvgIpc) is 3.36. The van der Waals surface area contributed by atoms with Crippen molar-refractivity contribution < 1.29 is 19.4 Å². The summed E-state index contributed by atoms with van der Waals surface area (Å²) in [5.74, 6) is 0.643. The fourth-order valence-corrected chi connectivity index (χ4v) is 3.64. The van der Waals surface area contributed by atoms with Crippen LogP contribution in [0.25, 0.3) is 10.6 Å². The van der Waals surface area contributed by atoms with Gasteiger partial charge >= 0.3 is 5.97 Å². The van der Waals surface area contributed by atoms with Crippen molar-refractivity contribution in [2.75, 3.05) is 14.2 Å². The number of methoxy groups -OCH3 is 2. The Bertz CT molecular complexity index is 757. The number of carboxylic acids is 1. The van der Waals surface area contributed by atoms with E-state index in [4.69, 9.17) is 14.5 Å². The van der Waals surface area contributed by atoms with Crippen LogP contribution in [0, 0.1) is 0 Å². The van der Waals surface area contributed by atoms with E-state index >= 15 is 0 Å². The van der Waals surface area contributed by atoms with E-state index in [9.17, 15) is 9.90 Å². The number of nitrogens with zero attached hydrogens (tertiary/aromatic N) is 2. The molecule has 1 aromatic carbocycles. The summed E-state index contributed by atoms with van der Waals surface area (Å²) in [5.41, 5.74) is 1.79. The third kappa shape index (κ3) is 3.93. The summed E-state index contributed by atoms with van der Waals surface area (Å²) in [7, 11) is 3.24. The maximum absolute atomic E-state index is 11.3. The quantitative estimate of drug-likeness (QED) is 0.777. The Morgan fingerprint density at radius 3 is 2.76 bits per heavy atom. The minimum atomic E-state index is -0.792. The zero-order valence-electron chi connectivity index (χ0n) is 14.6. The van der Waals surface area contributed by atoms with Crippen LogP contribution in [0.5, 0.6) is 11.5 Å². The summed E-state index contributed by atoms with van der Waals surface area (Å²) in [6.07, 6.45) is 2.11. The second-order valence-corrected chi connectivity index (χ2v) is 6.99. The van der Waals surface area contributed by atoms with Crippen molar-refractivity contribution in [3.8, 4) is 22.1 Å². The number of carbonyl (C=O) groups is 1. The number of hydrogen-bond donors (Lipinski definition) is 1. The lowest BCUT2D eigenvalue weighted by Gasteiger charge is -2.25. The molecule has 7 heteroatoms. The van der Waals surface area contributed by atoms with Crippen LogP contribution >= 0.6 is 11.3 Å². The van der Waals surface area contributed by atoms with Gasteiger partial charge in [0, 0.05) is 24.0 Å². The summed E-state index contributed by atoms with van der Waals surface area (Å²) in [6, 6.07) is 5.49. The SMILES string of the molecule is COc1ccc(-c2nc(CN(C3CC3)C(C)C(=O)O)cs2)c(OC)c1. The van der Waals surface area contributed by atoms with Crippen molar-refractivity contribution in [1.82, 2.24) is 9.88 Å². The second kappa shape index (κ2) is 7.41. The van der Waals surface area contributed by atoms with Crippen LogP contribution in [0.3, 0.4) is 0 Å². The molecule has 1 unspecified atom stereocenters. The summed E-state index contributed by atoms with van der Waals surface area (Å²) >= 11 is 1.53. The van der Waals surface area contributed by atoms with Gasteiger partial charge in [-0.2, -0.15) is 0 Å². The number of thiazole rings is 1. The summed E-state index contributed by atoms with van der Waals surface area (Å²) < 4.78 is 10.7. The Kier molecular flexibility index (Phi) is 5.24. The molecule has 1 aliphatic carbocycles. The van der Waals surface area contributed by atoms with Gasteiger partial charge in [0.2, 0.25) is 0 Å². The van der Waals surface area contributed by atoms with Crippen molar-refractivity contribution in [2.24, 2.45) is 0 Å². The molecule has 0 radical (unpaired) electrons. The molecule has 0 saturated heterocycles. The molecular weight excluding hydrogens is 340 g/mol. The molecular formula is C18H22N2O4S. The third-order valence-corrected chi connectivity index (χ3v) is 5.33. The van der Waals surface area contributed by atoms with Crippen LogP contribution < -0.4 is 9.47 Å². The van der Waals surface area contributed by atoms with Crippen LogP contribution in [0.4, 0.5) is 0 Å². The van der Waals surface area contributed by atoms with Gasteiger partial charge in [0.25, 0.3) is 0 Å². The van der Waals surface area contributed by atoms with Gasteiger partial charge < -0.3 is 14.6 Å². The Balaban J connectivity index is 1.81. The minimum Gasteiger partial charge on any atom is -0.497 e. The zero-order valence-corrected chi connectivity index (χ0v) is 15.4. The first-order chi connectivity index (χ1) is 12.0. The second-order valence-electron chi connectivity index (χ2n) is 6.13. The van der Waals surface area contributed by atoms with Gasteiger partial charge in [0.1, 0.15) is 22.5 Å². The summed E-state index contributed by atoms with van der Waals surface area (Å²) in [4.78, 5) is 18.1. The Morgan fingerprint density at radius 2 is 2.16 bits per heavy atom. The van der Waals surface area contributed by atoms with Gasteiger partial charge in [0.15, 0.2) is 0 Å². The first-order valence-electron chi connectivity index (χ1n) is 8.18. The molecule has 1 saturated carbocycles. The topological polar surface area (TPSA) is 71.9 Å². The number of aliphatic carboxylic acids is 1. The molecule has 1 atom stereocenters. The molecule has 0 spiro atoms. The van der Waals surface area contributed by atoms with Crippen LogP contribution in [-0.4, -0.2) is 47.3 Å². The van der Waals surface area contributed by atoms with Gasteiger partial charge in [-0.3, -0.25) is 9.69 Å². The third-order valence-electron chi connectivity index (χ3n) is 4.41. The van der Waals surface area contributed by atoms with Crippen molar-refractivity contribution in [1.29, 1.82) is 0 Å². The lowest BCUT2D eigenvalue weighted by atomic mass is 10.2. The molecule has 3 rings (SSSR count). The van der Waals surface area contributed by atoms with E-state index in [0.29, 0.717) is 18.3 Å². The van der Waals surface area contributed by atoms with Crippen molar-refractivity contribution >= 4 is 17.3 Å². The number of ether oxygens (including phenoxy) is 2. The maximum atomic E-state index is 11.3. The molecule has 0 bridgehead atoms. The number of hydrogen-bond acceptors (Lipinski definition) is 6. The molecule has 0 aliphatic heterocycles. The fourth-order valence-electron chi connectivity index (χ4n) is 2.80. The maximum Gasteiger partial charge on any atom is 0.320 e. The van der Waals surface area contributed by atoms with Gasteiger partial charge in [-0.05, 0) is 31.9 Å². The first kappa shape index (κ1) is 17.7. The largest absolute Gasteiger partial charge is 0.497 e. The highest BCUT2D eigenvalue weighted by molar-refractivity contribution is 7.13. The summed E-state index contributed by atoms with van der Waals surface area (Å²) in [5, 5.41) is 12.2. The van der Waals surface area contributed by atoms with Gasteiger partial charge in [-0.25, -0.2) is 4.98 Å². The predicted octanol–water partition coefficient (Wildman–Crippen LogP) is 3.26. The predicted molar refractivity (Wildman–Crippen MR) is 96.3 cm³/mol. The van der Waals surface area contributed by atoms with Crippen LogP contribution in [-0.2, 0) is 11.3 Å². The first-order valence-corrected chi connectivity index (χ1v) is 9.06. The number of carboxylic acid groups (broad SMARTS) is 1. The minimum absolute atomic E-state index is 0.353. The molecule has 134 valence electrons. The molecule has 1 heterocycles. The van der Waals surface area contributed by atoms with E-state index in [-0.39, 0.29) is 0 Å². The monoisotopic (exact) mass is 362 g/mol. The molecule has 1 fully saturated rings. The van der Waals surface area contributed by atoms with Crippen LogP contribution in [0.15, 0.2) is 23.6 Å². The number of benzene rings is 1. The Hall–Kier alpha value is -2.12. The van der Waals surface area contributed by atoms with Crippen molar-refractivity contribution in [3.05, 3.63) is 29.3 Å². The van der Waals surface area contributed by atoms with Crippen LogP contribution in [0.1, 0.15) is 25.5 Å². The van der Waals surface area contributed by atoms with E-state index in [1.54, 1.807) is 21.1 Å². The van der Waals surface area contributed by atoms with E-state index in [2.05, 4.69) is 0 Å². The summed E-state index contributed by atoms with van der Waals surface area (Å²) in [6.45, 7) is 2.29. The highest BCUT2D eigenvalue weighted by Crippen LogP contribution is 2.36. The zero-order chi connectivity index (χ0) is 18.0.